The molecule has 0 radical (unpaired) electrons. The number of esters is 1. The molecule has 1 aromatic carbocycles. The Bertz CT molecular complexity index is 623. The molecular weight excluding hydrogens is 337 g/mol. The Morgan fingerprint density at radius 1 is 1.33 bits per heavy atom. The molecule has 0 heterocycles. The van der Waals surface area contributed by atoms with E-state index in [-0.39, 0.29) is 34.1 Å². The van der Waals surface area contributed by atoms with Gasteiger partial charge in [0.2, 0.25) is 10.0 Å². The summed E-state index contributed by atoms with van der Waals surface area (Å²) in [5.41, 5.74) is 0. The molecule has 0 aliphatic heterocycles. The molecule has 1 aromatic rings. The first kappa shape index (κ1) is 16.5. The molecule has 1 saturated carbocycles. The fraction of sp³-hybridized carbons (Fsp3) is 0.462. The van der Waals surface area contributed by atoms with Gasteiger partial charge in [-0.3, -0.25) is 4.79 Å². The van der Waals surface area contributed by atoms with E-state index in [0.717, 1.165) is 4.31 Å². The maximum absolute atomic E-state index is 12.7. The van der Waals surface area contributed by atoms with Crippen molar-refractivity contribution in [2.45, 2.75) is 30.7 Å². The highest BCUT2D eigenvalue weighted by Crippen LogP contribution is 2.37. The Labute approximate surface area is 133 Å². The van der Waals surface area contributed by atoms with Crippen molar-refractivity contribution in [1.82, 2.24) is 4.31 Å². The monoisotopic (exact) mass is 351 g/mol. The van der Waals surface area contributed by atoms with Gasteiger partial charge in [-0.05, 0) is 31.9 Å². The number of ether oxygens (including phenoxy) is 1. The van der Waals surface area contributed by atoms with Crippen LogP contribution in [0.3, 0.4) is 0 Å². The molecule has 0 spiro atoms. The van der Waals surface area contributed by atoms with E-state index in [1.54, 1.807) is 13.0 Å². The molecule has 116 valence electrons. The smallest absolute Gasteiger partial charge is 0.321 e. The number of carbonyl (C=O) groups is 1. The van der Waals surface area contributed by atoms with E-state index in [0.29, 0.717) is 12.8 Å². The van der Waals surface area contributed by atoms with Crippen LogP contribution in [0, 0.1) is 0 Å². The normalized spacial score (nSPS) is 15.2. The highest BCUT2D eigenvalue weighted by molar-refractivity contribution is 7.89. The number of nitrogens with zero attached hydrogens (tertiary/aromatic N) is 1. The van der Waals surface area contributed by atoms with Crippen LogP contribution in [0.2, 0.25) is 10.0 Å². The summed E-state index contributed by atoms with van der Waals surface area (Å²) in [7, 11) is -3.94. The van der Waals surface area contributed by atoms with Crippen LogP contribution in [-0.4, -0.2) is 37.9 Å². The van der Waals surface area contributed by atoms with Crippen LogP contribution in [0.15, 0.2) is 23.1 Å². The molecule has 8 heteroatoms. The van der Waals surface area contributed by atoms with Gasteiger partial charge in [-0.2, -0.15) is 4.31 Å². The summed E-state index contributed by atoms with van der Waals surface area (Å²) in [4.78, 5) is 11.5. The molecule has 21 heavy (non-hydrogen) atoms. The Hall–Kier alpha value is -0.820. The van der Waals surface area contributed by atoms with Crippen LogP contribution < -0.4 is 0 Å². The fourth-order valence-electron chi connectivity index (χ4n) is 1.95. The van der Waals surface area contributed by atoms with Crippen molar-refractivity contribution in [3.63, 3.8) is 0 Å². The predicted molar refractivity (Wildman–Crippen MR) is 80.0 cm³/mol. The number of carbonyl (C=O) groups excluding carboxylic acids is 1. The molecule has 1 fully saturated rings. The zero-order chi connectivity index (χ0) is 15.6. The molecule has 0 bridgehead atoms. The van der Waals surface area contributed by atoms with Crippen molar-refractivity contribution < 1.29 is 17.9 Å². The van der Waals surface area contributed by atoms with Crippen LogP contribution in [0.1, 0.15) is 19.8 Å². The summed E-state index contributed by atoms with van der Waals surface area (Å²) in [6, 6.07) is 4.27. The molecular formula is C13H15Cl2NO4S. The Balaban J connectivity index is 2.37. The van der Waals surface area contributed by atoms with E-state index in [1.807, 2.05) is 0 Å². The minimum Gasteiger partial charge on any atom is -0.465 e. The van der Waals surface area contributed by atoms with Gasteiger partial charge < -0.3 is 4.74 Å². The lowest BCUT2D eigenvalue weighted by atomic mass is 10.4. The second kappa shape index (κ2) is 6.52. The minimum absolute atomic E-state index is 0.0389. The lowest BCUT2D eigenvalue weighted by molar-refractivity contribution is -0.143. The maximum Gasteiger partial charge on any atom is 0.321 e. The molecule has 0 N–H and O–H groups in total. The van der Waals surface area contributed by atoms with E-state index < -0.39 is 16.0 Å². The van der Waals surface area contributed by atoms with Crippen molar-refractivity contribution in [2.24, 2.45) is 0 Å². The molecule has 0 amide bonds. The standard InChI is InChI=1S/C13H15Cl2NO4S/c1-2-20-12(17)8-16(9-6-7-9)21(18,19)13-10(14)4-3-5-11(13)15/h3-5,9H,2,6-8H2,1H3. The van der Waals surface area contributed by atoms with Crippen molar-refractivity contribution in [2.75, 3.05) is 13.2 Å². The number of sulfonamides is 1. The van der Waals surface area contributed by atoms with Gasteiger partial charge in [0.15, 0.2) is 0 Å². The molecule has 5 nitrogen and oxygen atoms in total. The Morgan fingerprint density at radius 2 is 1.90 bits per heavy atom. The van der Waals surface area contributed by atoms with Gasteiger partial charge in [0.05, 0.1) is 16.7 Å². The quantitative estimate of drug-likeness (QED) is 0.739. The van der Waals surface area contributed by atoms with Gasteiger partial charge >= 0.3 is 5.97 Å². The van der Waals surface area contributed by atoms with Crippen molar-refractivity contribution in [1.29, 1.82) is 0 Å². The second-order valence-electron chi connectivity index (χ2n) is 4.64. The highest BCUT2D eigenvalue weighted by Gasteiger charge is 2.41. The number of rotatable bonds is 6. The average molecular weight is 352 g/mol. The first-order valence-corrected chi connectivity index (χ1v) is 8.69. The third-order valence-corrected chi connectivity index (χ3v) is 5.88. The van der Waals surface area contributed by atoms with E-state index >= 15 is 0 Å². The molecule has 0 aromatic heterocycles. The molecule has 0 atom stereocenters. The summed E-state index contributed by atoms with van der Waals surface area (Å²) in [5, 5.41) is 0.0778. The van der Waals surface area contributed by atoms with Crippen LogP contribution >= 0.6 is 23.2 Å². The van der Waals surface area contributed by atoms with E-state index in [1.165, 1.54) is 12.1 Å². The number of halogens is 2. The van der Waals surface area contributed by atoms with Crippen LogP contribution in [0.5, 0.6) is 0 Å². The van der Waals surface area contributed by atoms with Gasteiger partial charge in [0, 0.05) is 6.04 Å². The molecule has 1 aliphatic carbocycles. The summed E-state index contributed by atoms with van der Waals surface area (Å²) in [5.74, 6) is -0.587. The third-order valence-electron chi connectivity index (χ3n) is 3.03. The first-order chi connectivity index (χ1) is 9.87. The largest absolute Gasteiger partial charge is 0.465 e. The van der Waals surface area contributed by atoms with Gasteiger partial charge in [0.25, 0.3) is 0 Å². The zero-order valence-corrected chi connectivity index (χ0v) is 13.7. The van der Waals surface area contributed by atoms with E-state index in [4.69, 9.17) is 27.9 Å². The van der Waals surface area contributed by atoms with Gasteiger partial charge in [-0.1, -0.05) is 29.3 Å². The van der Waals surface area contributed by atoms with E-state index in [9.17, 15) is 13.2 Å². The zero-order valence-electron chi connectivity index (χ0n) is 11.4. The van der Waals surface area contributed by atoms with Gasteiger partial charge in [-0.15, -0.1) is 0 Å². The van der Waals surface area contributed by atoms with Crippen LogP contribution in [0.25, 0.3) is 0 Å². The molecule has 1 aliphatic rings. The minimum atomic E-state index is -3.94. The van der Waals surface area contributed by atoms with Crippen molar-refractivity contribution in [3.05, 3.63) is 28.2 Å². The highest BCUT2D eigenvalue weighted by atomic mass is 35.5. The maximum atomic E-state index is 12.7. The lowest BCUT2D eigenvalue weighted by Crippen LogP contribution is -2.38. The van der Waals surface area contributed by atoms with Crippen LogP contribution in [0.4, 0.5) is 0 Å². The summed E-state index contributed by atoms with van der Waals surface area (Å²) < 4.78 is 31.4. The average Bonchev–Trinajstić information content (AvgIpc) is 3.19. The summed E-state index contributed by atoms with van der Waals surface area (Å²) in [6.07, 6.45) is 1.42. The van der Waals surface area contributed by atoms with Crippen molar-refractivity contribution >= 4 is 39.2 Å². The topological polar surface area (TPSA) is 63.7 Å². The second-order valence-corrected chi connectivity index (χ2v) is 7.28. The summed E-state index contributed by atoms with van der Waals surface area (Å²) >= 11 is 11.9. The van der Waals surface area contributed by atoms with E-state index in [2.05, 4.69) is 0 Å². The Kier molecular flexibility index (Phi) is 5.14. The third kappa shape index (κ3) is 3.69. The SMILES string of the molecule is CCOC(=O)CN(C1CC1)S(=O)(=O)c1c(Cl)cccc1Cl. The van der Waals surface area contributed by atoms with Crippen LogP contribution in [-0.2, 0) is 19.6 Å². The fourth-order valence-corrected chi connectivity index (χ4v) is 4.68. The number of benzene rings is 1. The molecule has 2 rings (SSSR count). The number of hydrogen-bond acceptors (Lipinski definition) is 4. The molecule has 0 saturated heterocycles. The number of hydrogen-bond donors (Lipinski definition) is 0. The van der Waals surface area contributed by atoms with Gasteiger partial charge in [0.1, 0.15) is 11.4 Å². The summed E-state index contributed by atoms with van der Waals surface area (Å²) in [6.45, 7) is 1.53. The van der Waals surface area contributed by atoms with Crippen molar-refractivity contribution in [3.8, 4) is 0 Å². The Morgan fingerprint density at radius 3 is 2.38 bits per heavy atom. The van der Waals surface area contributed by atoms with Gasteiger partial charge in [-0.25, -0.2) is 8.42 Å². The first-order valence-electron chi connectivity index (χ1n) is 6.49. The molecule has 0 unspecified atom stereocenters. The lowest BCUT2D eigenvalue weighted by Gasteiger charge is -2.22. The predicted octanol–water partition coefficient (Wildman–Crippen LogP) is 2.71.